The van der Waals surface area contributed by atoms with Gasteiger partial charge in [0.1, 0.15) is 5.56 Å². The van der Waals surface area contributed by atoms with Gasteiger partial charge in [-0.15, -0.1) is 0 Å². The minimum absolute atomic E-state index is 0.0525. The number of carbonyl (C=O) groups is 1. The van der Waals surface area contributed by atoms with Crippen LogP contribution >= 0.6 is 0 Å². The van der Waals surface area contributed by atoms with E-state index in [-0.39, 0.29) is 35.9 Å². The van der Waals surface area contributed by atoms with Crippen LogP contribution in [-0.4, -0.2) is 32.4 Å². The van der Waals surface area contributed by atoms with Crippen LogP contribution in [0, 0.1) is 29.1 Å². The van der Waals surface area contributed by atoms with E-state index < -0.39 is 11.9 Å². The number of aromatic nitrogens is 3. The molecule has 9 heteroatoms. The van der Waals surface area contributed by atoms with E-state index in [1.165, 1.54) is 24.5 Å². The van der Waals surface area contributed by atoms with Crippen molar-refractivity contribution < 1.29 is 14.3 Å². The van der Waals surface area contributed by atoms with E-state index in [4.69, 9.17) is 5.73 Å². The molecule has 0 radical (unpaired) electrons. The second kappa shape index (κ2) is 7.49. The molecule has 1 aliphatic carbocycles. The van der Waals surface area contributed by atoms with Crippen LogP contribution in [0.2, 0.25) is 0 Å². The fourth-order valence-electron chi connectivity index (χ4n) is 3.31. The highest BCUT2D eigenvalue weighted by atomic mass is 19.1. The van der Waals surface area contributed by atoms with E-state index >= 15 is 0 Å². The average Bonchev–Trinajstić information content (AvgIpc) is 3.05. The van der Waals surface area contributed by atoms with Gasteiger partial charge in [0.25, 0.3) is 5.91 Å². The zero-order chi connectivity index (χ0) is 18.7. The summed E-state index contributed by atoms with van der Waals surface area (Å²) in [6.45, 7) is 0.0525. The SMILES string of the molecule is N#C[C@H]1C[C@@H](CO)CC[C@@H]1n1cc(C(N)=O)c(Nc2ccnc(F)c2)n1. The number of anilines is 2. The van der Waals surface area contributed by atoms with Crippen LogP contribution in [0.3, 0.4) is 0 Å². The number of amides is 1. The third kappa shape index (κ3) is 3.65. The minimum atomic E-state index is -0.675. The van der Waals surface area contributed by atoms with Gasteiger partial charge in [0.2, 0.25) is 5.95 Å². The summed E-state index contributed by atoms with van der Waals surface area (Å²) in [4.78, 5) is 15.2. The Hall–Kier alpha value is -2.99. The topological polar surface area (TPSA) is 130 Å². The number of primary amides is 1. The number of carbonyl (C=O) groups excluding carboxylic acids is 1. The number of nitrogens with two attached hydrogens (primary N) is 1. The summed E-state index contributed by atoms with van der Waals surface area (Å²) in [5, 5.41) is 26.0. The Labute approximate surface area is 149 Å². The number of aliphatic hydroxyl groups excluding tert-OH is 1. The maximum Gasteiger partial charge on any atom is 0.254 e. The highest BCUT2D eigenvalue weighted by molar-refractivity contribution is 5.98. The van der Waals surface area contributed by atoms with E-state index in [0.29, 0.717) is 18.5 Å². The molecule has 0 unspecified atom stereocenters. The van der Waals surface area contributed by atoms with Crippen molar-refractivity contribution >= 4 is 17.4 Å². The Morgan fingerprint density at radius 2 is 2.35 bits per heavy atom. The number of rotatable bonds is 5. The monoisotopic (exact) mass is 358 g/mol. The van der Waals surface area contributed by atoms with Crippen molar-refractivity contribution in [2.75, 3.05) is 11.9 Å². The lowest BCUT2D eigenvalue weighted by Crippen LogP contribution is -2.28. The molecule has 1 fully saturated rings. The molecule has 3 rings (SSSR count). The lowest BCUT2D eigenvalue weighted by Gasteiger charge is -2.31. The number of hydrogen-bond acceptors (Lipinski definition) is 6. The first-order valence-corrected chi connectivity index (χ1v) is 8.29. The molecule has 0 saturated heterocycles. The molecule has 8 nitrogen and oxygen atoms in total. The molecule has 2 aromatic heterocycles. The standard InChI is InChI=1S/C17H19FN6O2/c18-15-6-12(3-4-21-15)22-17-13(16(20)26)8-24(23-17)14-2-1-10(9-25)5-11(14)7-19/h3-4,6,8,10-11,14,25H,1-2,5,9H2,(H2,20,26)(H,21,22,23)/t10-,11+,14-/m0/s1. The van der Waals surface area contributed by atoms with E-state index in [2.05, 4.69) is 21.5 Å². The van der Waals surface area contributed by atoms with Gasteiger partial charge < -0.3 is 16.2 Å². The van der Waals surface area contributed by atoms with E-state index in [0.717, 1.165) is 6.42 Å². The molecule has 0 bridgehead atoms. The normalized spacial score (nSPS) is 22.6. The van der Waals surface area contributed by atoms with E-state index in [1.807, 2.05) is 0 Å². The van der Waals surface area contributed by atoms with Crippen LogP contribution in [0.25, 0.3) is 0 Å². The molecule has 3 atom stereocenters. The molecule has 2 heterocycles. The van der Waals surface area contributed by atoms with E-state index in [1.54, 1.807) is 4.68 Å². The number of halogens is 1. The molecule has 0 aromatic carbocycles. The highest BCUT2D eigenvalue weighted by Gasteiger charge is 2.33. The minimum Gasteiger partial charge on any atom is -0.396 e. The maximum atomic E-state index is 13.3. The second-order valence-electron chi connectivity index (χ2n) is 6.39. The maximum absolute atomic E-state index is 13.3. The summed E-state index contributed by atoms with van der Waals surface area (Å²) in [7, 11) is 0. The Morgan fingerprint density at radius 1 is 1.54 bits per heavy atom. The smallest absolute Gasteiger partial charge is 0.254 e. The quantitative estimate of drug-likeness (QED) is 0.698. The number of aliphatic hydroxyl groups is 1. The van der Waals surface area contributed by atoms with Gasteiger partial charge in [0.15, 0.2) is 5.82 Å². The van der Waals surface area contributed by atoms with Crippen molar-refractivity contribution in [3.05, 3.63) is 36.0 Å². The molecule has 2 aromatic rings. The number of nitriles is 1. The first-order chi connectivity index (χ1) is 12.5. The number of pyridine rings is 1. The van der Waals surface area contributed by atoms with E-state index in [9.17, 15) is 19.6 Å². The van der Waals surface area contributed by atoms with Crippen LogP contribution in [0.1, 0.15) is 35.7 Å². The van der Waals surface area contributed by atoms with Crippen LogP contribution in [0.4, 0.5) is 15.9 Å². The van der Waals surface area contributed by atoms with Crippen molar-refractivity contribution in [3.63, 3.8) is 0 Å². The van der Waals surface area contributed by atoms with Gasteiger partial charge in [-0.05, 0) is 31.2 Å². The average molecular weight is 358 g/mol. The summed E-state index contributed by atoms with van der Waals surface area (Å²) >= 11 is 0. The summed E-state index contributed by atoms with van der Waals surface area (Å²) < 4.78 is 14.8. The molecule has 136 valence electrons. The number of nitrogens with zero attached hydrogens (tertiary/aromatic N) is 4. The molecule has 4 N–H and O–H groups in total. The number of nitrogens with one attached hydrogen (secondary N) is 1. The summed E-state index contributed by atoms with van der Waals surface area (Å²) in [5.74, 6) is -1.37. The molecule has 0 spiro atoms. The first kappa shape index (κ1) is 17.8. The summed E-state index contributed by atoms with van der Waals surface area (Å²) in [6.07, 6.45) is 4.80. The third-order valence-electron chi connectivity index (χ3n) is 4.67. The largest absolute Gasteiger partial charge is 0.396 e. The van der Waals surface area contributed by atoms with Crippen molar-refractivity contribution in [1.82, 2.24) is 14.8 Å². The lowest BCUT2D eigenvalue weighted by molar-refractivity contribution is 0.100. The summed E-state index contributed by atoms with van der Waals surface area (Å²) in [6, 6.07) is 4.76. The van der Waals surface area contributed by atoms with Gasteiger partial charge in [-0.3, -0.25) is 9.48 Å². The summed E-state index contributed by atoms with van der Waals surface area (Å²) in [5.41, 5.74) is 5.97. The van der Waals surface area contributed by atoms with Crippen molar-refractivity contribution in [2.24, 2.45) is 17.6 Å². The molecule has 1 saturated carbocycles. The fraction of sp³-hybridized carbons (Fsp3) is 0.412. The lowest BCUT2D eigenvalue weighted by atomic mass is 9.79. The molecular weight excluding hydrogens is 339 g/mol. The van der Waals surface area contributed by atoms with Crippen molar-refractivity contribution in [3.8, 4) is 6.07 Å². The molecule has 26 heavy (non-hydrogen) atoms. The van der Waals surface area contributed by atoms with Crippen LogP contribution in [0.15, 0.2) is 24.5 Å². The Bertz CT molecular complexity index is 846. The predicted octanol–water partition coefficient (Wildman–Crippen LogP) is 1.73. The van der Waals surface area contributed by atoms with Crippen LogP contribution in [-0.2, 0) is 0 Å². The van der Waals surface area contributed by atoms with Crippen LogP contribution in [0.5, 0.6) is 0 Å². The van der Waals surface area contributed by atoms with Crippen LogP contribution < -0.4 is 11.1 Å². The Kier molecular flexibility index (Phi) is 5.14. The molecule has 1 aliphatic rings. The fourth-order valence-corrected chi connectivity index (χ4v) is 3.31. The molecule has 1 amide bonds. The zero-order valence-corrected chi connectivity index (χ0v) is 14.0. The van der Waals surface area contributed by atoms with Gasteiger partial charge in [-0.1, -0.05) is 0 Å². The van der Waals surface area contributed by atoms with Crippen molar-refractivity contribution in [2.45, 2.75) is 25.3 Å². The Balaban J connectivity index is 1.89. The Morgan fingerprint density at radius 3 is 3.00 bits per heavy atom. The predicted molar refractivity (Wildman–Crippen MR) is 90.8 cm³/mol. The third-order valence-corrected chi connectivity index (χ3v) is 4.67. The number of hydrogen-bond donors (Lipinski definition) is 3. The van der Waals surface area contributed by atoms with Gasteiger partial charge in [0.05, 0.1) is 18.0 Å². The zero-order valence-electron chi connectivity index (χ0n) is 14.0. The first-order valence-electron chi connectivity index (χ1n) is 8.29. The highest BCUT2D eigenvalue weighted by Crippen LogP contribution is 2.37. The van der Waals surface area contributed by atoms with Gasteiger partial charge in [-0.25, -0.2) is 4.98 Å². The van der Waals surface area contributed by atoms with Crippen molar-refractivity contribution in [1.29, 1.82) is 5.26 Å². The van der Waals surface area contributed by atoms with Gasteiger partial charge in [-0.2, -0.15) is 14.8 Å². The second-order valence-corrected chi connectivity index (χ2v) is 6.39. The van der Waals surface area contributed by atoms with Gasteiger partial charge in [0, 0.05) is 30.8 Å². The molecular formula is C17H19FN6O2. The molecule has 0 aliphatic heterocycles. The van der Waals surface area contributed by atoms with Gasteiger partial charge >= 0.3 is 0 Å².